The zero-order valence-corrected chi connectivity index (χ0v) is 20.0. The predicted octanol–water partition coefficient (Wildman–Crippen LogP) is 4.23. The molecule has 9 nitrogen and oxygen atoms in total. The summed E-state index contributed by atoms with van der Waals surface area (Å²) in [7, 11) is 0. The fourth-order valence-electron chi connectivity index (χ4n) is 4.90. The molecule has 0 unspecified atom stereocenters. The lowest BCUT2D eigenvalue weighted by atomic mass is 10.3. The zero-order valence-electron chi connectivity index (χ0n) is 20.0. The van der Waals surface area contributed by atoms with E-state index >= 15 is 0 Å². The van der Waals surface area contributed by atoms with E-state index in [4.69, 9.17) is 24.9 Å². The van der Waals surface area contributed by atoms with Gasteiger partial charge in [-0.05, 0) is 50.2 Å². The van der Waals surface area contributed by atoms with Gasteiger partial charge >= 0.3 is 17.8 Å². The molecule has 4 heterocycles. The van der Waals surface area contributed by atoms with E-state index in [1.165, 1.54) is 0 Å². The van der Waals surface area contributed by atoms with Crippen molar-refractivity contribution in [2.45, 2.75) is 20.8 Å². The van der Waals surface area contributed by atoms with E-state index in [9.17, 15) is 0 Å². The molecule has 0 saturated carbocycles. The highest BCUT2D eigenvalue weighted by molar-refractivity contribution is 5.79. The second kappa shape index (κ2) is 7.54. The second-order valence-electron chi connectivity index (χ2n) is 8.76. The predicted molar refractivity (Wildman–Crippen MR) is 137 cm³/mol. The average molecular weight is 473 g/mol. The van der Waals surface area contributed by atoms with Gasteiger partial charge in [0.1, 0.15) is 22.7 Å². The molecule has 0 bridgehead atoms. The van der Waals surface area contributed by atoms with Crippen LogP contribution >= 0.6 is 0 Å². The first kappa shape index (κ1) is 20.5. The maximum Gasteiger partial charge on any atom is 0.396 e. The number of imidazole rings is 3. The minimum absolute atomic E-state index is 0.496. The smallest absolute Gasteiger partial charge is 0.291 e. The molecule has 7 aromatic rings. The van der Waals surface area contributed by atoms with Gasteiger partial charge in [0.05, 0.1) is 22.1 Å². The quantitative estimate of drug-likeness (QED) is 0.389. The van der Waals surface area contributed by atoms with Crippen LogP contribution in [0.5, 0.6) is 0 Å². The van der Waals surface area contributed by atoms with E-state index in [0.29, 0.717) is 17.8 Å². The van der Waals surface area contributed by atoms with Crippen molar-refractivity contribution in [1.29, 1.82) is 0 Å². The van der Waals surface area contributed by atoms with Crippen LogP contribution in [-0.4, -0.2) is 39.0 Å². The molecule has 36 heavy (non-hydrogen) atoms. The number of hydrogen-bond donors (Lipinski definition) is 1. The summed E-state index contributed by atoms with van der Waals surface area (Å²) in [5.41, 5.74) is 5.64. The van der Waals surface area contributed by atoms with Crippen molar-refractivity contribution in [3.63, 3.8) is 0 Å². The Hall–Kier alpha value is -4.92. The number of hydrogen-bond acceptors (Lipinski definition) is 5. The molecular formula is C27H22N9+. The lowest BCUT2D eigenvalue weighted by molar-refractivity contribution is -0.582. The van der Waals surface area contributed by atoms with Crippen molar-refractivity contribution in [2.24, 2.45) is 0 Å². The van der Waals surface area contributed by atoms with E-state index in [2.05, 4.69) is 11.1 Å². The highest BCUT2D eigenvalue weighted by Gasteiger charge is 2.26. The minimum Gasteiger partial charge on any atom is -0.291 e. The maximum absolute atomic E-state index is 4.97. The third kappa shape index (κ3) is 2.96. The first-order valence-electron chi connectivity index (χ1n) is 11.7. The first-order chi connectivity index (χ1) is 17.6. The third-order valence-electron chi connectivity index (χ3n) is 6.45. The van der Waals surface area contributed by atoms with E-state index in [1.54, 1.807) is 0 Å². The Kier molecular flexibility index (Phi) is 4.28. The topological polar surface area (TPSA) is 94.0 Å². The molecule has 0 amide bonds. The molecule has 174 valence electrons. The van der Waals surface area contributed by atoms with Crippen LogP contribution in [0.4, 0.5) is 0 Å². The molecule has 9 heteroatoms. The molecule has 0 aliphatic heterocycles. The van der Waals surface area contributed by atoms with Gasteiger partial charge in [-0.3, -0.25) is 14.1 Å². The molecule has 3 aromatic carbocycles. The Labute approximate surface area is 205 Å². The molecule has 0 saturated heterocycles. The monoisotopic (exact) mass is 472 g/mol. The van der Waals surface area contributed by atoms with Crippen LogP contribution in [0, 0.1) is 20.8 Å². The van der Waals surface area contributed by atoms with E-state index < -0.39 is 0 Å². The van der Waals surface area contributed by atoms with Gasteiger partial charge in [0.15, 0.2) is 5.82 Å². The van der Waals surface area contributed by atoms with E-state index in [-0.39, 0.29) is 0 Å². The number of rotatable bonds is 3. The molecule has 4 aromatic heterocycles. The highest BCUT2D eigenvalue weighted by atomic mass is 15.3. The van der Waals surface area contributed by atoms with Crippen molar-refractivity contribution in [3.8, 4) is 17.8 Å². The summed E-state index contributed by atoms with van der Waals surface area (Å²) in [5, 5.41) is 0. The van der Waals surface area contributed by atoms with E-state index in [1.807, 2.05) is 101 Å². The number of para-hydroxylation sites is 6. The number of fused-ring (bicyclic) bond motifs is 3. The maximum atomic E-state index is 4.97. The van der Waals surface area contributed by atoms with Crippen LogP contribution in [0.1, 0.15) is 17.5 Å². The van der Waals surface area contributed by atoms with Crippen LogP contribution in [0.3, 0.4) is 0 Å². The molecule has 0 spiro atoms. The molecular weight excluding hydrogens is 450 g/mol. The van der Waals surface area contributed by atoms with Crippen molar-refractivity contribution in [3.05, 3.63) is 90.3 Å². The third-order valence-corrected chi connectivity index (χ3v) is 6.45. The van der Waals surface area contributed by atoms with Gasteiger partial charge in [-0.1, -0.05) is 46.4 Å². The van der Waals surface area contributed by atoms with Gasteiger partial charge < -0.3 is 0 Å². The van der Waals surface area contributed by atoms with Crippen molar-refractivity contribution in [2.75, 3.05) is 0 Å². The normalized spacial score (nSPS) is 11.8. The summed E-state index contributed by atoms with van der Waals surface area (Å²) >= 11 is 0. The minimum atomic E-state index is 0.496. The Morgan fingerprint density at radius 1 is 0.611 bits per heavy atom. The van der Waals surface area contributed by atoms with E-state index in [0.717, 1.165) is 50.6 Å². The second-order valence-corrected chi connectivity index (χ2v) is 8.76. The van der Waals surface area contributed by atoms with Gasteiger partial charge in [0, 0.05) is 6.92 Å². The Bertz CT molecular complexity index is 1700. The number of benzene rings is 3. The first-order valence-corrected chi connectivity index (χ1v) is 11.7. The molecule has 7 rings (SSSR count). The van der Waals surface area contributed by atoms with Crippen LogP contribution in [0.15, 0.2) is 72.8 Å². The lowest BCUT2D eigenvalue weighted by Crippen LogP contribution is -2.36. The van der Waals surface area contributed by atoms with Crippen LogP contribution in [0.2, 0.25) is 0 Å². The molecule has 0 aliphatic carbocycles. The summed E-state index contributed by atoms with van der Waals surface area (Å²) in [5.74, 6) is 4.02. The number of aromatic nitrogens is 9. The molecule has 0 fully saturated rings. The number of H-pyrrole nitrogens is 1. The molecule has 0 atom stereocenters. The summed E-state index contributed by atoms with van der Waals surface area (Å²) in [6.07, 6.45) is 0. The van der Waals surface area contributed by atoms with Gasteiger partial charge in [0.2, 0.25) is 0 Å². The summed E-state index contributed by atoms with van der Waals surface area (Å²) in [6.45, 7) is 5.94. The van der Waals surface area contributed by atoms with Gasteiger partial charge in [-0.2, -0.15) is 9.55 Å². The summed E-state index contributed by atoms with van der Waals surface area (Å²) in [4.78, 5) is 27.8. The number of nitrogens with one attached hydrogen (secondary N) is 1. The fourth-order valence-corrected chi connectivity index (χ4v) is 4.90. The molecule has 0 radical (unpaired) electrons. The van der Waals surface area contributed by atoms with Crippen LogP contribution < -0.4 is 4.57 Å². The van der Waals surface area contributed by atoms with Gasteiger partial charge in [-0.15, -0.1) is 0 Å². The summed E-state index contributed by atoms with van der Waals surface area (Å²) < 4.78 is 5.97. The van der Waals surface area contributed by atoms with Gasteiger partial charge in [-0.25, -0.2) is 9.97 Å². The fraction of sp³-hybridized carbons (Fsp3) is 0.111. The molecule has 0 aliphatic rings. The SMILES string of the molecule is Cc1nc2ccccc2n1-c1nc(-n2c(C)nc3ccccc32)nc(-[n+]2c(C)[nH]c3ccccc32)n1. The largest absolute Gasteiger partial charge is 0.396 e. The number of aromatic amines is 1. The number of nitrogens with zero attached hydrogens (tertiary/aromatic N) is 8. The highest BCUT2D eigenvalue weighted by Crippen LogP contribution is 2.23. The van der Waals surface area contributed by atoms with Crippen LogP contribution in [-0.2, 0) is 0 Å². The van der Waals surface area contributed by atoms with Crippen LogP contribution in [0.25, 0.3) is 50.9 Å². The Balaban J connectivity index is 1.58. The standard InChI is InChI=1S/C27H21N9/c1-16-28-19-10-4-7-13-22(19)34(16)25-31-26(35-17(2)29-20-11-5-8-14-23(20)35)33-27(32-25)36-18(3)30-21-12-6-9-15-24(21)36/h4-15H,1-3H3/p+1. The summed E-state index contributed by atoms with van der Waals surface area (Å²) in [6, 6.07) is 24.1. The average Bonchev–Trinajstić information content (AvgIpc) is 3.51. The van der Waals surface area contributed by atoms with Crippen molar-refractivity contribution >= 4 is 33.1 Å². The Morgan fingerprint density at radius 3 is 1.75 bits per heavy atom. The lowest BCUT2D eigenvalue weighted by Gasteiger charge is -2.08. The molecule has 1 N–H and O–H groups in total. The zero-order chi connectivity index (χ0) is 24.4. The van der Waals surface area contributed by atoms with Gasteiger partial charge in [0.25, 0.3) is 0 Å². The number of aryl methyl sites for hydroxylation is 3. The van der Waals surface area contributed by atoms with Crippen molar-refractivity contribution in [1.82, 2.24) is 39.0 Å². The van der Waals surface area contributed by atoms with Crippen molar-refractivity contribution < 1.29 is 4.57 Å². The Morgan fingerprint density at radius 2 is 1.14 bits per heavy atom.